The van der Waals surface area contributed by atoms with Crippen LogP contribution in [-0.4, -0.2) is 0 Å². The molecule has 0 fully saturated rings. The van der Waals surface area contributed by atoms with E-state index in [9.17, 15) is 0 Å². The molecule has 0 saturated carbocycles. The van der Waals surface area contributed by atoms with Crippen LogP contribution in [0.4, 0.5) is 0 Å². The molecule has 324 valence electrons. The molecule has 0 bridgehead atoms. The third-order valence-corrected chi connectivity index (χ3v) is 0. The zero-order chi connectivity index (χ0) is 29.8. The molecule has 0 heteroatoms. The number of rotatable bonds is 0. The zero-order valence-electron chi connectivity index (χ0n) is 29.8. The van der Waals surface area contributed by atoms with Gasteiger partial charge in [-0.1, -0.05) is 319 Å². The molecule has 0 saturated heterocycles. The summed E-state index contributed by atoms with van der Waals surface area (Å²) in [7, 11) is 0. The minimum atomic E-state index is 0. The van der Waals surface area contributed by atoms with Gasteiger partial charge >= 0.3 is 0 Å². The van der Waals surface area contributed by atoms with Gasteiger partial charge < -0.3 is 0 Å². The van der Waals surface area contributed by atoms with Crippen molar-refractivity contribution in [3.63, 3.8) is 0 Å². The van der Waals surface area contributed by atoms with Crippen LogP contribution in [-0.2, 0) is 0 Å². The van der Waals surface area contributed by atoms with Gasteiger partial charge in [0.2, 0.25) is 0 Å². The molecule has 0 heterocycles. The van der Waals surface area contributed by atoms with E-state index in [2.05, 4.69) is 152 Å². The highest BCUT2D eigenvalue weighted by Crippen LogP contribution is 1.59. The predicted octanol–water partition coefficient (Wildman–Crippen LogP) is 23.8. The van der Waals surface area contributed by atoms with Crippen molar-refractivity contribution in [3.8, 4) is 0 Å². The Bertz CT molecular complexity index is 38.1. The summed E-state index contributed by atoms with van der Waals surface area (Å²) in [5.41, 5.74) is 0. The lowest BCUT2D eigenvalue weighted by atomic mass is 10.6. The Hall–Kier alpha value is 0. The summed E-state index contributed by atoms with van der Waals surface area (Å²) < 4.78 is 0. The van der Waals surface area contributed by atoms with Gasteiger partial charge in [0, 0.05) is 0 Å². The van der Waals surface area contributed by atoms with Gasteiger partial charge in [0.25, 0.3) is 0 Å². The molecule has 0 aromatic rings. The van der Waals surface area contributed by atoms with E-state index in [1.165, 1.54) is 70.6 Å². The molecule has 0 aliphatic carbocycles. The van der Waals surface area contributed by atoms with Crippen LogP contribution in [0, 0.1) is 0 Å². The van der Waals surface area contributed by atoms with Crippen molar-refractivity contribution in [2.24, 2.45) is 0 Å². The smallest absolute Gasteiger partial charge is 0.0590 e. The van der Waals surface area contributed by atoms with Gasteiger partial charge in [-0.25, -0.2) is 0 Å². The maximum absolute atomic E-state index is 2.12. The topological polar surface area (TPSA) is 0 Å². The Morgan fingerprint density at radius 3 is 0.109 bits per heavy atom. The van der Waals surface area contributed by atoms with E-state index in [-0.39, 0.29) is 96.5 Å². The molecular formula is C46H140. The third-order valence-electron chi connectivity index (χ3n) is 0. The van der Waals surface area contributed by atoms with Gasteiger partial charge in [-0.3, -0.25) is 0 Å². The maximum Gasteiger partial charge on any atom is -0.0590 e. The van der Waals surface area contributed by atoms with Crippen molar-refractivity contribution in [3.05, 3.63) is 0 Å². The Labute approximate surface area is 318 Å². The van der Waals surface area contributed by atoms with Gasteiger partial charge in [0.15, 0.2) is 0 Å². The third kappa shape index (κ3) is 0. The van der Waals surface area contributed by atoms with Crippen molar-refractivity contribution >= 4 is 0 Å². The normalized spacial score (nSPS) is 4.30. The highest BCUT2D eigenvalue weighted by Gasteiger charge is 1.38. The summed E-state index contributed by atoms with van der Waals surface area (Å²) in [6, 6.07) is 0. The van der Waals surface area contributed by atoms with Crippen molar-refractivity contribution in [2.45, 2.75) is 319 Å². The lowest BCUT2D eigenvalue weighted by Crippen LogP contribution is -1.27. The highest BCUT2D eigenvalue weighted by atomic mass is 13.5. The van der Waals surface area contributed by atoms with E-state index in [1.807, 2.05) is 0 Å². The molecule has 0 aromatic carbocycles. The fourth-order valence-electron chi connectivity index (χ4n) is 0. The monoisotopic (exact) mass is 693 g/mol. The van der Waals surface area contributed by atoms with Crippen LogP contribution in [0.5, 0.6) is 0 Å². The molecule has 0 aliphatic heterocycles. The maximum atomic E-state index is 2.12. The van der Waals surface area contributed by atoms with Crippen molar-refractivity contribution in [1.82, 2.24) is 0 Å². The van der Waals surface area contributed by atoms with Crippen LogP contribution < -0.4 is 0 Å². The van der Waals surface area contributed by atoms with Crippen molar-refractivity contribution in [1.29, 1.82) is 0 Å². The van der Waals surface area contributed by atoms with Crippen LogP contribution >= 0.6 is 0 Å². The second kappa shape index (κ2) is 720. The molecule has 0 rings (SSSR count). The van der Waals surface area contributed by atoms with Crippen molar-refractivity contribution < 1.29 is 0 Å². The van der Waals surface area contributed by atoms with E-state index >= 15 is 0 Å². The van der Waals surface area contributed by atoms with Crippen LogP contribution in [0.3, 0.4) is 0 Å². The molecule has 46 heavy (non-hydrogen) atoms. The van der Waals surface area contributed by atoms with Crippen LogP contribution in [0.2, 0.25) is 0 Å². The zero-order valence-corrected chi connectivity index (χ0v) is 29.8. The van der Waals surface area contributed by atoms with Gasteiger partial charge in [-0.15, -0.1) is 0 Å². The molecule has 0 aliphatic rings. The largest absolute Gasteiger partial charge is 0.0776 e. The first-order chi connectivity index (χ1) is 15.6. The first kappa shape index (κ1) is 192. The first-order valence-electron chi connectivity index (χ1n) is 15.6. The average molecular weight is 694 g/mol. The molecule has 0 spiro atoms. The molecule has 0 radical (unpaired) electrons. The Balaban J connectivity index is -0.00000000512. The molecule has 0 N–H and O–H groups in total. The summed E-state index contributed by atoms with van der Waals surface area (Å²) >= 11 is 0. The minimum absolute atomic E-state index is 0. The summed E-state index contributed by atoms with van der Waals surface area (Å²) in [6.45, 7) is 46.8. The Morgan fingerprint density at radius 2 is 0.109 bits per heavy atom. The average Bonchev–Trinajstić information content (AvgIpc) is 2.68. The Kier molecular flexibility index (Phi) is 3010. The van der Waals surface area contributed by atoms with Gasteiger partial charge in [0.1, 0.15) is 0 Å². The fraction of sp³-hybridized carbons (Fsp3) is 1.00. The summed E-state index contributed by atoms with van der Waals surface area (Å²) in [4.78, 5) is 0. The molecule has 0 nitrogen and oxygen atoms in total. The lowest BCUT2D eigenvalue weighted by molar-refractivity contribution is 1.09. The number of hydrogen-bond acceptors (Lipinski definition) is 0. The predicted molar refractivity (Wildman–Crippen MR) is 263 cm³/mol. The summed E-state index contributed by atoms with van der Waals surface area (Å²) in [5, 5.41) is 0. The van der Waals surface area contributed by atoms with Crippen LogP contribution in [0.15, 0.2) is 0 Å². The van der Waals surface area contributed by atoms with Crippen LogP contribution in [0.1, 0.15) is 319 Å². The number of hydrogen-bond donors (Lipinski definition) is 0. The van der Waals surface area contributed by atoms with Gasteiger partial charge in [-0.05, 0) is 0 Å². The highest BCUT2D eigenvalue weighted by molar-refractivity contribution is 3.95. The van der Waals surface area contributed by atoms with E-state index in [0.29, 0.717) is 0 Å². The molecule has 0 amide bonds. The summed E-state index contributed by atoms with van der Waals surface area (Å²) in [6.07, 6.45) is 13.8. The van der Waals surface area contributed by atoms with Gasteiger partial charge in [-0.2, -0.15) is 0 Å². The van der Waals surface area contributed by atoms with Crippen molar-refractivity contribution in [2.75, 3.05) is 0 Å². The van der Waals surface area contributed by atoms with E-state index in [0.717, 1.165) is 0 Å². The Morgan fingerprint density at radius 1 is 0.109 bits per heavy atom. The summed E-state index contributed by atoms with van der Waals surface area (Å²) in [5.74, 6) is 0. The molecule has 0 aromatic heterocycles. The standard InChI is InChI=1S/11C3H8.13CH4/c11*1-3-2;;;;;;;;;;;;;/h11*3H2,1-2H3;13*1H4. The molecular weight excluding hydrogens is 553 g/mol. The quantitative estimate of drug-likeness (QED) is 0.237. The molecule has 0 unspecified atom stereocenters. The van der Waals surface area contributed by atoms with E-state index in [4.69, 9.17) is 0 Å². The SMILES string of the molecule is C.C.C.C.C.C.C.C.C.C.C.C.C.CCC.CCC.CCC.CCC.CCC.CCC.CCC.CCC.CCC.CCC.CCC. The van der Waals surface area contributed by atoms with E-state index < -0.39 is 0 Å². The lowest BCUT2D eigenvalue weighted by Gasteiger charge is -1.48. The van der Waals surface area contributed by atoms with Crippen LogP contribution in [0.25, 0.3) is 0 Å². The molecule has 0 atom stereocenters. The second-order valence-corrected chi connectivity index (χ2v) is 7.78. The van der Waals surface area contributed by atoms with E-state index in [1.54, 1.807) is 0 Å². The fourth-order valence-corrected chi connectivity index (χ4v) is 0. The second-order valence-electron chi connectivity index (χ2n) is 7.78. The van der Waals surface area contributed by atoms with Gasteiger partial charge in [0.05, 0.1) is 0 Å². The minimum Gasteiger partial charge on any atom is -0.0776 e. The first-order valence-corrected chi connectivity index (χ1v) is 15.6.